The molecule has 2 amide bonds. The van der Waals surface area contributed by atoms with E-state index >= 15 is 0 Å². The lowest BCUT2D eigenvalue weighted by Crippen LogP contribution is -2.67. The van der Waals surface area contributed by atoms with Crippen molar-refractivity contribution in [2.45, 2.75) is 18.9 Å². The summed E-state index contributed by atoms with van der Waals surface area (Å²) in [5.74, 6) is -0.267. The third-order valence-electron chi connectivity index (χ3n) is 5.07. The van der Waals surface area contributed by atoms with Crippen molar-refractivity contribution < 1.29 is 9.59 Å². The molecule has 0 spiro atoms. The van der Waals surface area contributed by atoms with Crippen LogP contribution in [0.15, 0.2) is 84.9 Å². The number of nitrogens with one attached hydrogen (secondary N) is 1. The Bertz CT molecular complexity index is 986. The standard InChI is InChI=1S/C23H20N2O2/c1-17-10-8-9-15-20(17)24-22(27)23(18-11-4-2-5-12-18)16-21(26)25(23)19-13-6-3-7-14-19/h2-15H,16H2,1H3,(H,24,27)/t23-/m1/s1. The highest BCUT2D eigenvalue weighted by Crippen LogP contribution is 2.45. The molecule has 27 heavy (non-hydrogen) atoms. The van der Waals surface area contributed by atoms with Crippen LogP contribution in [0.3, 0.4) is 0 Å². The van der Waals surface area contributed by atoms with Crippen LogP contribution in [-0.2, 0) is 15.1 Å². The Hall–Kier alpha value is -3.40. The fourth-order valence-corrected chi connectivity index (χ4v) is 3.64. The summed E-state index contributed by atoms with van der Waals surface area (Å²) in [6, 6.07) is 26.5. The molecule has 0 aromatic heterocycles. The van der Waals surface area contributed by atoms with Crippen molar-refractivity contribution in [1.29, 1.82) is 0 Å². The first-order valence-electron chi connectivity index (χ1n) is 8.93. The lowest BCUT2D eigenvalue weighted by molar-refractivity contribution is -0.137. The molecule has 4 nitrogen and oxygen atoms in total. The van der Waals surface area contributed by atoms with Gasteiger partial charge in [0.2, 0.25) is 5.91 Å². The zero-order valence-corrected chi connectivity index (χ0v) is 15.1. The van der Waals surface area contributed by atoms with Gasteiger partial charge in [0.05, 0.1) is 6.42 Å². The first-order chi connectivity index (χ1) is 13.1. The van der Waals surface area contributed by atoms with E-state index in [0.717, 1.165) is 22.5 Å². The zero-order chi connectivity index (χ0) is 18.9. The molecule has 4 rings (SSSR count). The lowest BCUT2D eigenvalue weighted by Gasteiger charge is -2.50. The average molecular weight is 356 g/mol. The van der Waals surface area contributed by atoms with Crippen molar-refractivity contribution in [3.63, 3.8) is 0 Å². The summed E-state index contributed by atoms with van der Waals surface area (Å²) in [5, 5.41) is 3.04. The van der Waals surface area contributed by atoms with Crippen LogP contribution in [0.2, 0.25) is 0 Å². The van der Waals surface area contributed by atoms with E-state index < -0.39 is 5.54 Å². The highest BCUT2D eigenvalue weighted by atomic mass is 16.2. The van der Waals surface area contributed by atoms with Gasteiger partial charge >= 0.3 is 0 Å². The van der Waals surface area contributed by atoms with E-state index in [-0.39, 0.29) is 18.2 Å². The molecule has 0 radical (unpaired) electrons. The molecule has 1 atom stereocenters. The summed E-state index contributed by atoms with van der Waals surface area (Å²) in [6.45, 7) is 1.95. The maximum Gasteiger partial charge on any atom is 0.255 e. The van der Waals surface area contributed by atoms with Crippen LogP contribution in [0.1, 0.15) is 17.5 Å². The van der Waals surface area contributed by atoms with Crippen molar-refractivity contribution in [2.75, 3.05) is 10.2 Å². The van der Waals surface area contributed by atoms with E-state index in [9.17, 15) is 9.59 Å². The Morgan fingerprint density at radius 1 is 0.889 bits per heavy atom. The molecular weight excluding hydrogens is 336 g/mol. The summed E-state index contributed by atoms with van der Waals surface area (Å²) in [6.07, 6.45) is 0.142. The Morgan fingerprint density at radius 3 is 2.11 bits per heavy atom. The second-order valence-corrected chi connectivity index (χ2v) is 6.74. The largest absolute Gasteiger partial charge is 0.323 e. The summed E-state index contributed by atoms with van der Waals surface area (Å²) in [7, 11) is 0. The number of hydrogen-bond acceptors (Lipinski definition) is 2. The number of rotatable bonds is 4. The van der Waals surface area contributed by atoms with E-state index in [1.807, 2.05) is 91.9 Å². The summed E-state index contributed by atoms with van der Waals surface area (Å²) in [5.41, 5.74) is 2.20. The van der Waals surface area contributed by atoms with Crippen LogP contribution in [0.25, 0.3) is 0 Å². The molecule has 3 aromatic carbocycles. The summed E-state index contributed by atoms with van der Waals surface area (Å²) in [4.78, 5) is 27.7. The number of aryl methyl sites for hydroxylation is 1. The predicted octanol–water partition coefficient (Wildman–Crippen LogP) is 4.27. The average Bonchev–Trinajstić information content (AvgIpc) is 2.69. The third-order valence-corrected chi connectivity index (χ3v) is 5.07. The molecule has 1 fully saturated rings. The van der Waals surface area contributed by atoms with Crippen LogP contribution >= 0.6 is 0 Å². The lowest BCUT2D eigenvalue weighted by atomic mass is 9.76. The summed E-state index contributed by atoms with van der Waals surface area (Å²) >= 11 is 0. The molecule has 4 heteroatoms. The van der Waals surface area contributed by atoms with Crippen LogP contribution < -0.4 is 10.2 Å². The maximum atomic E-state index is 13.5. The molecule has 0 saturated carbocycles. The van der Waals surface area contributed by atoms with E-state index in [4.69, 9.17) is 0 Å². The highest BCUT2D eigenvalue weighted by molar-refractivity contribution is 6.17. The minimum absolute atomic E-state index is 0.0648. The van der Waals surface area contributed by atoms with Gasteiger partial charge in [-0.05, 0) is 36.2 Å². The van der Waals surface area contributed by atoms with Gasteiger partial charge in [-0.15, -0.1) is 0 Å². The Labute approximate surface area is 158 Å². The number of anilines is 2. The van der Waals surface area contributed by atoms with Crippen molar-refractivity contribution in [2.24, 2.45) is 0 Å². The van der Waals surface area contributed by atoms with Gasteiger partial charge in [0.15, 0.2) is 5.54 Å². The number of para-hydroxylation sites is 2. The first-order valence-corrected chi connectivity index (χ1v) is 8.93. The van der Waals surface area contributed by atoms with E-state index in [1.54, 1.807) is 4.90 Å². The van der Waals surface area contributed by atoms with Gasteiger partial charge < -0.3 is 5.32 Å². The molecule has 1 N–H and O–H groups in total. The Balaban J connectivity index is 1.80. The first kappa shape index (κ1) is 17.0. The van der Waals surface area contributed by atoms with Crippen molar-refractivity contribution in [3.05, 3.63) is 96.1 Å². The van der Waals surface area contributed by atoms with Gasteiger partial charge in [-0.1, -0.05) is 66.7 Å². The third kappa shape index (κ3) is 2.79. The van der Waals surface area contributed by atoms with E-state index in [0.29, 0.717) is 0 Å². The predicted molar refractivity (Wildman–Crippen MR) is 106 cm³/mol. The van der Waals surface area contributed by atoms with Crippen molar-refractivity contribution in [3.8, 4) is 0 Å². The van der Waals surface area contributed by atoms with Gasteiger partial charge in [-0.3, -0.25) is 14.5 Å². The quantitative estimate of drug-likeness (QED) is 0.710. The molecule has 3 aromatic rings. The molecule has 134 valence electrons. The zero-order valence-electron chi connectivity index (χ0n) is 15.1. The van der Waals surface area contributed by atoms with Gasteiger partial charge in [0.1, 0.15) is 0 Å². The minimum atomic E-state index is -1.05. The van der Waals surface area contributed by atoms with Gasteiger partial charge in [0, 0.05) is 11.4 Å². The van der Waals surface area contributed by atoms with Crippen molar-refractivity contribution in [1.82, 2.24) is 0 Å². The van der Waals surface area contributed by atoms with Crippen molar-refractivity contribution >= 4 is 23.2 Å². The number of β-lactam (4-membered cyclic amide) rings is 1. The number of benzene rings is 3. The summed E-state index contributed by atoms with van der Waals surface area (Å²) < 4.78 is 0. The monoisotopic (exact) mass is 356 g/mol. The minimum Gasteiger partial charge on any atom is -0.323 e. The fourth-order valence-electron chi connectivity index (χ4n) is 3.64. The normalized spacial score (nSPS) is 18.7. The number of carbonyl (C=O) groups excluding carboxylic acids is 2. The Kier molecular flexibility index (Phi) is 4.24. The van der Waals surface area contributed by atoms with E-state index in [1.165, 1.54) is 0 Å². The topological polar surface area (TPSA) is 49.4 Å². The molecule has 1 aliphatic heterocycles. The molecule has 1 saturated heterocycles. The molecule has 0 bridgehead atoms. The second kappa shape index (κ2) is 6.72. The fraction of sp³-hybridized carbons (Fsp3) is 0.130. The molecule has 0 aliphatic carbocycles. The second-order valence-electron chi connectivity index (χ2n) is 6.74. The van der Waals surface area contributed by atoms with Gasteiger partial charge in [-0.2, -0.15) is 0 Å². The van der Waals surface area contributed by atoms with Crippen LogP contribution in [0.4, 0.5) is 11.4 Å². The van der Waals surface area contributed by atoms with Crippen LogP contribution in [-0.4, -0.2) is 11.8 Å². The number of amides is 2. The number of nitrogens with zero attached hydrogens (tertiary/aromatic N) is 1. The Morgan fingerprint density at radius 2 is 1.48 bits per heavy atom. The maximum absolute atomic E-state index is 13.5. The number of carbonyl (C=O) groups is 2. The van der Waals surface area contributed by atoms with Crippen LogP contribution in [0.5, 0.6) is 0 Å². The molecule has 1 aliphatic rings. The molecule has 0 unspecified atom stereocenters. The smallest absolute Gasteiger partial charge is 0.255 e. The highest BCUT2D eigenvalue weighted by Gasteiger charge is 2.58. The van der Waals surface area contributed by atoms with Gasteiger partial charge in [-0.25, -0.2) is 0 Å². The molecular formula is C23H20N2O2. The van der Waals surface area contributed by atoms with E-state index in [2.05, 4.69) is 5.32 Å². The van der Waals surface area contributed by atoms with Gasteiger partial charge in [0.25, 0.3) is 5.91 Å². The van der Waals surface area contributed by atoms with Crippen LogP contribution in [0, 0.1) is 6.92 Å². The number of hydrogen-bond donors (Lipinski definition) is 1. The SMILES string of the molecule is Cc1ccccc1NC(=O)[C@]1(c2ccccc2)CC(=O)N1c1ccccc1. The molecule has 1 heterocycles.